The van der Waals surface area contributed by atoms with E-state index in [4.69, 9.17) is 10.5 Å². The summed E-state index contributed by atoms with van der Waals surface area (Å²) in [7, 11) is 1.70. The number of methoxy groups -OCH3 is 1. The van der Waals surface area contributed by atoms with Crippen LogP contribution in [0.15, 0.2) is 12.1 Å². The number of aromatic nitrogens is 1. The minimum Gasteiger partial charge on any atom is -0.497 e. The van der Waals surface area contributed by atoms with Crippen LogP contribution >= 0.6 is 12.4 Å². The molecule has 0 radical (unpaired) electrons. The summed E-state index contributed by atoms with van der Waals surface area (Å²) in [4.78, 5) is 7.04. The second-order valence-electron chi connectivity index (χ2n) is 5.61. The number of piperidine rings is 1. The molecule has 1 aromatic heterocycles. The molecule has 0 aromatic carbocycles. The Kier molecular flexibility index (Phi) is 6.72. The fraction of sp³-hybridized carbons (Fsp3) is 0.667. The summed E-state index contributed by atoms with van der Waals surface area (Å²) in [5, 5.41) is 0. The Bertz CT molecular complexity index is 418. The van der Waals surface area contributed by atoms with Gasteiger partial charge in [-0.05, 0) is 45.7 Å². The molecule has 114 valence electrons. The van der Waals surface area contributed by atoms with E-state index in [1.165, 1.54) is 12.8 Å². The van der Waals surface area contributed by atoms with Gasteiger partial charge in [0.25, 0.3) is 0 Å². The molecule has 0 bridgehead atoms. The average Bonchev–Trinajstić information content (AvgIpc) is 2.38. The normalized spacial score (nSPS) is 18.4. The molecule has 1 saturated heterocycles. The highest BCUT2D eigenvalue weighted by Gasteiger charge is 2.22. The van der Waals surface area contributed by atoms with Gasteiger partial charge in [0.15, 0.2) is 0 Å². The molecule has 2 N–H and O–H groups in total. The minimum absolute atomic E-state index is 0. The van der Waals surface area contributed by atoms with Gasteiger partial charge >= 0.3 is 0 Å². The van der Waals surface area contributed by atoms with Crippen LogP contribution < -0.4 is 10.5 Å². The molecule has 20 heavy (non-hydrogen) atoms. The van der Waals surface area contributed by atoms with E-state index in [2.05, 4.69) is 16.8 Å². The molecule has 1 aliphatic rings. The van der Waals surface area contributed by atoms with Crippen LogP contribution in [0, 0.1) is 12.8 Å². The van der Waals surface area contributed by atoms with E-state index >= 15 is 0 Å². The van der Waals surface area contributed by atoms with Gasteiger partial charge in [0, 0.05) is 30.4 Å². The first kappa shape index (κ1) is 17.2. The van der Waals surface area contributed by atoms with Crippen LogP contribution in [0.5, 0.6) is 5.75 Å². The Morgan fingerprint density at radius 1 is 1.40 bits per heavy atom. The van der Waals surface area contributed by atoms with Crippen molar-refractivity contribution in [1.29, 1.82) is 0 Å². The number of pyridine rings is 1. The zero-order valence-corrected chi connectivity index (χ0v) is 13.4. The van der Waals surface area contributed by atoms with E-state index in [9.17, 15) is 0 Å². The molecule has 2 rings (SSSR count). The van der Waals surface area contributed by atoms with Gasteiger partial charge in [-0.15, -0.1) is 12.4 Å². The number of likely N-dealkylation sites (tertiary alicyclic amines) is 1. The molecule has 1 unspecified atom stereocenters. The molecule has 1 fully saturated rings. The highest BCUT2D eigenvalue weighted by Crippen LogP contribution is 2.21. The van der Waals surface area contributed by atoms with Crippen molar-refractivity contribution in [2.75, 3.05) is 20.2 Å². The smallest absolute Gasteiger partial charge is 0.122 e. The highest BCUT2D eigenvalue weighted by molar-refractivity contribution is 5.85. The van der Waals surface area contributed by atoms with Crippen LogP contribution in [0.4, 0.5) is 0 Å². The maximum atomic E-state index is 5.98. The third kappa shape index (κ3) is 4.62. The van der Waals surface area contributed by atoms with Crippen LogP contribution in [0.1, 0.15) is 31.2 Å². The van der Waals surface area contributed by atoms with Crippen molar-refractivity contribution in [3.63, 3.8) is 0 Å². The number of hydrogen-bond acceptors (Lipinski definition) is 4. The standard InChI is InChI=1S/C15H25N3O.ClH/c1-11-8-15(19-3)9-14(17-11)10-18-6-4-13(5-7-18)12(2)16;/h8-9,12-13H,4-7,10,16H2,1-3H3;1H. The van der Waals surface area contributed by atoms with Crippen molar-refractivity contribution in [3.05, 3.63) is 23.5 Å². The first-order valence-corrected chi connectivity index (χ1v) is 7.08. The van der Waals surface area contributed by atoms with E-state index < -0.39 is 0 Å². The molecule has 0 amide bonds. The molecule has 5 heteroatoms. The summed E-state index contributed by atoms with van der Waals surface area (Å²) in [6, 6.07) is 4.32. The Balaban J connectivity index is 0.00000200. The monoisotopic (exact) mass is 299 g/mol. The summed E-state index contributed by atoms with van der Waals surface area (Å²) in [5.74, 6) is 1.57. The quantitative estimate of drug-likeness (QED) is 0.927. The lowest BCUT2D eigenvalue weighted by Crippen LogP contribution is -2.39. The molecular weight excluding hydrogens is 274 g/mol. The third-order valence-corrected chi connectivity index (χ3v) is 3.98. The lowest BCUT2D eigenvalue weighted by molar-refractivity contribution is 0.164. The predicted molar refractivity (Wildman–Crippen MR) is 84.4 cm³/mol. The van der Waals surface area contributed by atoms with E-state index in [-0.39, 0.29) is 12.4 Å². The van der Waals surface area contributed by atoms with Gasteiger partial charge in [-0.3, -0.25) is 9.88 Å². The van der Waals surface area contributed by atoms with Gasteiger partial charge in [-0.2, -0.15) is 0 Å². The van der Waals surface area contributed by atoms with Crippen molar-refractivity contribution in [1.82, 2.24) is 9.88 Å². The van der Waals surface area contributed by atoms with E-state index in [0.717, 1.165) is 36.8 Å². The van der Waals surface area contributed by atoms with Gasteiger partial charge in [0.1, 0.15) is 5.75 Å². The highest BCUT2D eigenvalue weighted by atomic mass is 35.5. The summed E-state index contributed by atoms with van der Waals surface area (Å²) >= 11 is 0. The maximum Gasteiger partial charge on any atom is 0.122 e. The second-order valence-corrected chi connectivity index (χ2v) is 5.61. The molecule has 1 aliphatic heterocycles. The Morgan fingerprint density at radius 2 is 2.05 bits per heavy atom. The van der Waals surface area contributed by atoms with Crippen molar-refractivity contribution in [2.45, 2.75) is 39.3 Å². The van der Waals surface area contributed by atoms with Crippen LogP contribution in [0.3, 0.4) is 0 Å². The van der Waals surface area contributed by atoms with Crippen molar-refractivity contribution in [3.8, 4) is 5.75 Å². The topological polar surface area (TPSA) is 51.4 Å². The van der Waals surface area contributed by atoms with Gasteiger partial charge < -0.3 is 10.5 Å². The van der Waals surface area contributed by atoms with Crippen LogP contribution in [-0.2, 0) is 6.54 Å². The summed E-state index contributed by atoms with van der Waals surface area (Å²) in [6.07, 6.45) is 2.39. The third-order valence-electron chi connectivity index (χ3n) is 3.98. The zero-order chi connectivity index (χ0) is 13.8. The van der Waals surface area contributed by atoms with Crippen LogP contribution in [-0.4, -0.2) is 36.1 Å². The number of halogens is 1. The van der Waals surface area contributed by atoms with Crippen LogP contribution in [0.25, 0.3) is 0 Å². The number of rotatable bonds is 4. The molecule has 0 spiro atoms. The lowest BCUT2D eigenvalue weighted by Gasteiger charge is -2.33. The van der Waals surface area contributed by atoms with E-state index in [1.54, 1.807) is 7.11 Å². The molecule has 1 atom stereocenters. The summed E-state index contributed by atoms with van der Waals surface area (Å²) in [5.41, 5.74) is 8.08. The average molecular weight is 300 g/mol. The van der Waals surface area contributed by atoms with Gasteiger partial charge in [-0.1, -0.05) is 0 Å². The molecular formula is C15H26ClN3O. The Hall–Kier alpha value is -0.840. The number of nitrogens with zero attached hydrogens (tertiary/aromatic N) is 2. The number of aryl methyl sites for hydroxylation is 1. The number of hydrogen-bond donors (Lipinski definition) is 1. The second kappa shape index (κ2) is 7.81. The summed E-state index contributed by atoms with van der Waals surface area (Å²) < 4.78 is 5.30. The number of nitrogens with two attached hydrogens (primary N) is 1. The largest absolute Gasteiger partial charge is 0.497 e. The zero-order valence-electron chi connectivity index (χ0n) is 12.6. The fourth-order valence-corrected chi connectivity index (χ4v) is 2.77. The molecule has 2 heterocycles. The van der Waals surface area contributed by atoms with Crippen LogP contribution in [0.2, 0.25) is 0 Å². The van der Waals surface area contributed by atoms with Crippen molar-refractivity contribution >= 4 is 12.4 Å². The molecule has 0 saturated carbocycles. The maximum absolute atomic E-state index is 5.98. The van der Waals surface area contributed by atoms with E-state index in [1.807, 2.05) is 19.1 Å². The Labute approximate surface area is 128 Å². The lowest BCUT2D eigenvalue weighted by atomic mass is 9.91. The summed E-state index contributed by atoms with van der Waals surface area (Å²) in [6.45, 7) is 7.26. The van der Waals surface area contributed by atoms with Gasteiger partial charge in [0.05, 0.1) is 12.8 Å². The molecule has 0 aliphatic carbocycles. The van der Waals surface area contributed by atoms with Crippen molar-refractivity contribution in [2.24, 2.45) is 11.7 Å². The fourth-order valence-electron chi connectivity index (χ4n) is 2.77. The van der Waals surface area contributed by atoms with Gasteiger partial charge in [-0.25, -0.2) is 0 Å². The first-order valence-electron chi connectivity index (χ1n) is 7.08. The molecule has 1 aromatic rings. The Morgan fingerprint density at radius 3 is 2.60 bits per heavy atom. The number of ether oxygens (including phenoxy) is 1. The van der Waals surface area contributed by atoms with E-state index in [0.29, 0.717) is 12.0 Å². The van der Waals surface area contributed by atoms with Gasteiger partial charge in [0.2, 0.25) is 0 Å². The molecule has 4 nitrogen and oxygen atoms in total. The predicted octanol–water partition coefficient (Wildman–Crippen LogP) is 2.38. The van der Waals surface area contributed by atoms with Crippen molar-refractivity contribution < 1.29 is 4.74 Å². The SMILES string of the molecule is COc1cc(C)nc(CN2CCC(C(C)N)CC2)c1.Cl. The first-order chi connectivity index (χ1) is 9.08. The minimum atomic E-state index is 0.